The lowest BCUT2D eigenvalue weighted by Gasteiger charge is -2.20. The fourth-order valence-corrected chi connectivity index (χ4v) is 3.01. The largest absolute Gasteiger partial charge is 0.309 e. The van der Waals surface area contributed by atoms with E-state index in [1.54, 1.807) is 0 Å². The molecule has 1 amide bonds. The Morgan fingerprint density at radius 1 is 1.18 bits per heavy atom. The zero-order valence-corrected chi connectivity index (χ0v) is 10.1. The molecule has 17 heavy (non-hydrogen) atoms. The highest BCUT2D eigenvalue weighted by molar-refractivity contribution is 5.92. The van der Waals surface area contributed by atoms with Crippen LogP contribution >= 0.6 is 0 Å². The molecule has 2 N–H and O–H groups in total. The third-order valence-corrected chi connectivity index (χ3v) is 4.02. The Kier molecular flexibility index (Phi) is 2.87. The number of aryl methyl sites for hydroxylation is 1. The van der Waals surface area contributed by atoms with Crippen LogP contribution in [0.4, 0.5) is 5.82 Å². The molecule has 2 aliphatic rings. The molecular weight excluding hydrogens is 214 g/mol. The number of hydrogen-bond acceptors (Lipinski definition) is 2. The van der Waals surface area contributed by atoms with Crippen LogP contribution in [0.15, 0.2) is 0 Å². The number of nitrogens with one attached hydrogen (secondary N) is 2. The van der Waals surface area contributed by atoms with Gasteiger partial charge in [-0.3, -0.25) is 9.89 Å². The van der Waals surface area contributed by atoms with Crippen molar-refractivity contribution in [1.82, 2.24) is 10.2 Å². The van der Waals surface area contributed by atoms with Gasteiger partial charge in [0.1, 0.15) is 0 Å². The van der Waals surface area contributed by atoms with E-state index in [0.717, 1.165) is 31.5 Å². The summed E-state index contributed by atoms with van der Waals surface area (Å²) in [5, 5.41) is 10.3. The molecule has 1 fully saturated rings. The molecule has 0 atom stereocenters. The number of carbonyl (C=O) groups excluding carboxylic acids is 1. The van der Waals surface area contributed by atoms with Gasteiger partial charge in [0.05, 0.1) is 0 Å². The van der Waals surface area contributed by atoms with E-state index in [0.29, 0.717) is 0 Å². The highest BCUT2D eigenvalue weighted by atomic mass is 16.1. The van der Waals surface area contributed by atoms with Gasteiger partial charge in [-0.05, 0) is 32.1 Å². The van der Waals surface area contributed by atoms with Gasteiger partial charge < -0.3 is 5.32 Å². The average molecular weight is 233 g/mol. The van der Waals surface area contributed by atoms with E-state index in [1.807, 2.05) is 0 Å². The maximum atomic E-state index is 12.1. The van der Waals surface area contributed by atoms with Crippen LogP contribution in [0.3, 0.4) is 0 Å². The standard InChI is InChI=1S/C13H19N3O/c17-13(9-5-2-1-3-6-9)14-12-10-7-4-8-11(10)15-16-12/h9H,1-8H2,(H2,14,15,16,17). The summed E-state index contributed by atoms with van der Waals surface area (Å²) in [6.07, 6.45) is 9.04. The number of amides is 1. The lowest BCUT2D eigenvalue weighted by atomic mass is 9.88. The number of anilines is 1. The Hall–Kier alpha value is -1.32. The van der Waals surface area contributed by atoms with Crippen LogP contribution in [0, 0.1) is 5.92 Å². The third-order valence-electron chi connectivity index (χ3n) is 4.02. The fourth-order valence-electron chi connectivity index (χ4n) is 3.01. The van der Waals surface area contributed by atoms with E-state index in [2.05, 4.69) is 15.5 Å². The quantitative estimate of drug-likeness (QED) is 0.824. The van der Waals surface area contributed by atoms with Crippen molar-refractivity contribution in [2.24, 2.45) is 5.92 Å². The molecule has 0 radical (unpaired) electrons. The first-order chi connectivity index (χ1) is 8.34. The van der Waals surface area contributed by atoms with Crippen molar-refractivity contribution in [1.29, 1.82) is 0 Å². The highest BCUT2D eigenvalue weighted by Gasteiger charge is 2.24. The van der Waals surface area contributed by atoms with Gasteiger partial charge in [0, 0.05) is 17.2 Å². The number of nitrogens with zero attached hydrogens (tertiary/aromatic N) is 1. The monoisotopic (exact) mass is 233 g/mol. The van der Waals surface area contributed by atoms with Crippen LogP contribution in [0.2, 0.25) is 0 Å². The van der Waals surface area contributed by atoms with Crippen LogP contribution in [-0.2, 0) is 17.6 Å². The summed E-state index contributed by atoms with van der Waals surface area (Å²) in [5.74, 6) is 1.16. The van der Waals surface area contributed by atoms with Gasteiger partial charge in [-0.2, -0.15) is 5.10 Å². The number of fused-ring (bicyclic) bond motifs is 1. The van der Waals surface area contributed by atoms with E-state index >= 15 is 0 Å². The van der Waals surface area contributed by atoms with E-state index in [1.165, 1.54) is 36.9 Å². The molecule has 0 bridgehead atoms. The maximum Gasteiger partial charge on any atom is 0.228 e. The summed E-state index contributed by atoms with van der Waals surface area (Å²) in [5.41, 5.74) is 2.44. The van der Waals surface area contributed by atoms with Crippen molar-refractivity contribution >= 4 is 11.7 Å². The van der Waals surface area contributed by atoms with Crippen molar-refractivity contribution in [3.63, 3.8) is 0 Å². The van der Waals surface area contributed by atoms with Gasteiger partial charge >= 0.3 is 0 Å². The molecule has 0 aliphatic heterocycles. The second-order valence-corrected chi connectivity index (χ2v) is 5.21. The number of aromatic amines is 1. The summed E-state index contributed by atoms with van der Waals surface area (Å²) in [7, 11) is 0. The second-order valence-electron chi connectivity index (χ2n) is 5.21. The maximum absolute atomic E-state index is 12.1. The number of hydrogen-bond donors (Lipinski definition) is 2. The lowest BCUT2D eigenvalue weighted by molar-refractivity contribution is -0.120. The SMILES string of the molecule is O=C(Nc1n[nH]c2c1CCC2)C1CCCCC1. The normalized spacial score (nSPS) is 20.2. The van der Waals surface area contributed by atoms with Crippen LogP contribution in [0.25, 0.3) is 0 Å². The Labute approximate surface area is 101 Å². The van der Waals surface area contributed by atoms with Crippen molar-refractivity contribution in [2.75, 3.05) is 5.32 Å². The molecule has 3 rings (SSSR count). The number of H-pyrrole nitrogens is 1. The van der Waals surface area contributed by atoms with E-state index in [4.69, 9.17) is 0 Å². The van der Waals surface area contributed by atoms with Crippen molar-refractivity contribution in [3.8, 4) is 0 Å². The van der Waals surface area contributed by atoms with Crippen LogP contribution in [0.1, 0.15) is 49.8 Å². The summed E-state index contributed by atoms with van der Waals surface area (Å²) in [4.78, 5) is 12.1. The molecular formula is C13H19N3O. The molecule has 92 valence electrons. The first-order valence-corrected chi connectivity index (χ1v) is 6.71. The minimum Gasteiger partial charge on any atom is -0.309 e. The lowest BCUT2D eigenvalue weighted by Crippen LogP contribution is -2.25. The molecule has 0 aromatic carbocycles. The molecule has 1 saturated carbocycles. The first kappa shape index (κ1) is 10.8. The van der Waals surface area contributed by atoms with E-state index < -0.39 is 0 Å². The van der Waals surface area contributed by atoms with Gasteiger partial charge in [0.15, 0.2) is 5.82 Å². The zero-order valence-electron chi connectivity index (χ0n) is 10.1. The first-order valence-electron chi connectivity index (χ1n) is 6.71. The molecule has 0 unspecified atom stereocenters. The molecule has 4 nitrogen and oxygen atoms in total. The topological polar surface area (TPSA) is 57.8 Å². The Morgan fingerprint density at radius 3 is 2.82 bits per heavy atom. The molecule has 0 saturated heterocycles. The van der Waals surface area contributed by atoms with Gasteiger partial charge in [0.2, 0.25) is 5.91 Å². The molecule has 0 spiro atoms. The van der Waals surface area contributed by atoms with Crippen LogP contribution < -0.4 is 5.32 Å². The number of carbonyl (C=O) groups is 1. The third kappa shape index (κ3) is 2.08. The number of aromatic nitrogens is 2. The molecule has 1 heterocycles. The van der Waals surface area contributed by atoms with Crippen molar-refractivity contribution in [2.45, 2.75) is 51.4 Å². The molecule has 4 heteroatoms. The minimum atomic E-state index is 0.172. The summed E-state index contributed by atoms with van der Waals surface area (Å²) in [6.45, 7) is 0. The molecule has 1 aromatic rings. The minimum absolute atomic E-state index is 0.172. The van der Waals surface area contributed by atoms with Crippen molar-refractivity contribution < 1.29 is 4.79 Å². The van der Waals surface area contributed by atoms with Gasteiger partial charge in [0.25, 0.3) is 0 Å². The Bertz CT molecular complexity index is 418. The second kappa shape index (κ2) is 4.51. The Morgan fingerprint density at radius 2 is 2.00 bits per heavy atom. The van der Waals surface area contributed by atoms with Crippen LogP contribution in [-0.4, -0.2) is 16.1 Å². The van der Waals surface area contributed by atoms with Crippen molar-refractivity contribution in [3.05, 3.63) is 11.3 Å². The van der Waals surface area contributed by atoms with Gasteiger partial charge in [-0.25, -0.2) is 0 Å². The molecule has 1 aromatic heterocycles. The van der Waals surface area contributed by atoms with Gasteiger partial charge in [-0.15, -0.1) is 0 Å². The zero-order chi connectivity index (χ0) is 11.7. The smallest absolute Gasteiger partial charge is 0.228 e. The number of rotatable bonds is 2. The predicted octanol–water partition coefficient (Wildman–Crippen LogP) is 2.42. The summed E-state index contributed by atoms with van der Waals surface area (Å²) in [6, 6.07) is 0. The average Bonchev–Trinajstić information content (AvgIpc) is 2.95. The Balaban J connectivity index is 1.67. The highest BCUT2D eigenvalue weighted by Crippen LogP contribution is 2.28. The van der Waals surface area contributed by atoms with E-state index in [9.17, 15) is 4.79 Å². The van der Waals surface area contributed by atoms with E-state index in [-0.39, 0.29) is 11.8 Å². The summed E-state index contributed by atoms with van der Waals surface area (Å²) < 4.78 is 0. The predicted molar refractivity (Wildman–Crippen MR) is 65.8 cm³/mol. The molecule has 2 aliphatic carbocycles. The fraction of sp³-hybridized carbons (Fsp3) is 0.692. The summed E-state index contributed by atoms with van der Waals surface area (Å²) >= 11 is 0. The van der Waals surface area contributed by atoms with Gasteiger partial charge in [-0.1, -0.05) is 19.3 Å². The van der Waals surface area contributed by atoms with Crippen LogP contribution in [0.5, 0.6) is 0 Å².